The van der Waals surface area contributed by atoms with Crippen molar-refractivity contribution in [1.29, 1.82) is 0 Å². The topological polar surface area (TPSA) is 0 Å². The molecule has 0 N–H and O–H groups in total. The molecule has 0 saturated carbocycles. The zero-order valence-corrected chi connectivity index (χ0v) is 29.3. The zero-order chi connectivity index (χ0) is 28.4. The Morgan fingerprint density at radius 3 is 1.30 bits per heavy atom. The molecular formula is C37H36Cl2Hf. The Morgan fingerprint density at radius 1 is 0.575 bits per heavy atom. The Labute approximate surface area is 247 Å². The quantitative estimate of drug-likeness (QED) is 0.184. The van der Waals surface area contributed by atoms with Gasteiger partial charge in [-0.15, -0.1) is 0 Å². The summed E-state index contributed by atoms with van der Waals surface area (Å²) >= 11 is -4.93. The zero-order valence-electron chi connectivity index (χ0n) is 24.1. The third-order valence-electron chi connectivity index (χ3n) is 9.02. The van der Waals surface area contributed by atoms with E-state index >= 15 is 0 Å². The van der Waals surface area contributed by atoms with Gasteiger partial charge in [0.1, 0.15) is 0 Å². The number of fused-ring (bicyclic) bond motifs is 2. The molecule has 202 valence electrons. The molecule has 2 aliphatic carbocycles. The predicted octanol–water partition coefficient (Wildman–Crippen LogP) is 11.3. The molecule has 4 aromatic rings. The summed E-state index contributed by atoms with van der Waals surface area (Å²) in [5.74, 6) is 0. The van der Waals surface area contributed by atoms with Gasteiger partial charge < -0.3 is 0 Å². The van der Waals surface area contributed by atoms with Crippen LogP contribution in [0.15, 0.2) is 84.9 Å². The van der Waals surface area contributed by atoms with Gasteiger partial charge in [-0.05, 0) is 0 Å². The van der Waals surface area contributed by atoms with Crippen LogP contribution in [0.5, 0.6) is 0 Å². The van der Waals surface area contributed by atoms with Gasteiger partial charge in [-0.2, -0.15) is 0 Å². The van der Waals surface area contributed by atoms with Crippen LogP contribution in [0.25, 0.3) is 34.4 Å². The molecule has 0 aromatic heterocycles. The predicted molar refractivity (Wildman–Crippen MR) is 174 cm³/mol. The van der Waals surface area contributed by atoms with Gasteiger partial charge in [0.25, 0.3) is 0 Å². The molecule has 2 aliphatic rings. The third-order valence-corrected chi connectivity index (χ3v) is 41.6. The minimum absolute atomic E-state index is 0.0108. The first-order valence-electron chi connectivity index (χ1n) is 14.1. The van der Waals surface area contributed by atoms with E-state index in [1.54, 1.807) is 0 Å². The van der Waals surface area contributed by atoms with E-state index in [4.69, 9.17) is 17.2 Å². The Bertz CT molecular complexity index is 1660. The molecule has 0 radical (unpaired) electrons. The molecule has 0 amide bonds. The second-order valence-corrected chi connectivity index (χ2v) is 43.5. The number of hydrogen-bond donors (Lipinski definition) is 0. The minimum atomic E-state index is -4.93. The molecule has 0 nitrogen and oxygen atoms in total. The summed E-state index contributed by atoms with van der Waals surface area (Å²) in [5, 5.41) is 0. The standard InChI is InChI=1S/2C17H15.C3H6.2ClH.Hf/c2*1-12-9-13(2)11-15(10-12)17-8-4-6-14-5-3-7-16(14)17;1-3-2;;;/h2*3-11H,1-2H3;1-2H3;2*1H;/q;;;;;+2/p-2. The molecule has 0 fully saturated rings. The van der Waals surface area contributed by atoms with Crippen LogP contribution in [0.1, 0.15) is 65.7 Å². The van der Waals surface area contributed by atoms with Crippen LogP contribution in [-0.2, 0) is 15.7 Å². The van der Waals surface area contributed by atoms with E-state index in [0.717, 1.165) is 0 Å². The van der Waals surface area contributed by atoms with Gasteiger partial charge in [0.05, 0.1) is 0 Å². The molecule has 0 bridgehead atoms. The average Bonchev–Trinajstić information content (AvgIpc) is 3.53. The van der Waals surface area contributed by atoms with Crippen molar-refractivity contribution in [3.8, 4) is 22.3 Å². The molecule has 0 spiro atoms. The summed E-state index contributed by atoms with van der Waals surface area (Å²) in [7, 11) is 16.3. The van der Waals surface area contributed by atoms with Gasteiger partial charge in [-0.3, -0.25) is 0 Å². The summed E-state index contributed by atoms with van der Waals surface area (Å²) in [6, 6.07) is 26.9. The van der Waals surface area contributed by atoms with Crippen molar-refractivity contribution >= 4 is 32.6 Å². The fourth-order valence-corrected chi connectivity index (χ4v) is 28.4. The Morgan fingerprint density at radius 2 is 0.950 bits per heavy atom. The van der Waals surface area contributed by atoms with Gasteiger partial charge in [0, 0.05) is 0 Å². The molecule has 2 unspecified atom stereocenters. The number of rotatable bonds is 4. The van der Waals surface area contributed by atoms with Crippen LogP contribution < -0.4 is 0 Å². The fraction of sp³-hybridized carbons (Fsp3) is 0.216. The van der Waals surface area contributed by atoms with E-state index in [9.17, 15) is 0 Å². The number of benzene rings is 4. The maximum atomic E-state index is 8.14. The van der Waals surface area contributed by atoms with Gasteiger partial charge in [-0.1, -0.05) is 0 Å². The first-order valence-corrected chi connectivity index (χ1v) is 29.0. The van der Waals surface area contributed by atoms with Crippen molar-refractivity contribution in [3.05, 3.63) is 129 Å². The maximum absolute atomic E-state index is 8.14. The van der Waals surface area contributed by atoms with Gasteiger partial charge in [0.15, 0.2) is 0 Å². The van der Waals surface area contributed by atoms with Gasteiger partial charge in [0.2, 0.25) is 0 Å². The van der Waals surface area contributed by atoms with Gasteiger partial charge in [-0.25, -0.2) is 0 Å². The summed E-state index contributed by atoms with van der Waals surface area (Å²) < 4.78 is 1.23. The molecule has 0 saturated heterocycles. The first-order chi connectivity index (χ1) is 19.0. The van der Waals surface area contributed by atoms with Crippen LogP contribution in [-0.4, -0.2) is 3.26 Å². The fourth-order valence-electron chi connectivity index (χ4n) is 7.18. The summed E-state index contributed by atoms with van der Waals surface area (Å²) in [6.07, 6.45) is 9.20. The van der Waals surface area contributed by atoms with E-state index in [1.165, 1.54) is 70.0 Å². The molecule has 0 aliphatic heterocycles. The molecule has 40 heavy (non-hydrogen) atoms. The molecule has 0 heterocycles. The van der Waals surface area contributed by atoms with Crippen LogP contribution in [0.2, 0.25) is 0 Å². The SMILES string of the molecule is C[C](C)=[Hf]([Cl])([Cl])([CH]1C=Cc2c(-c3cc(C)cc(C)c3)cccc21)[CH]1C=Cc2c(-c3cc(C)cc(C)c3)cccc21. The van der Waals surface area contributed by atoms with E-state index in [1.807, 2.05) is 0 Å². The Kier molecular flexibility index (Phi) is 6.89. The molecule has 4 aromatic carbocycles. The van der Waals surface area contributed by atoms with Crippen LogP contribution >= 0.6 is 17.2 Å². The van der Waals surface area contributed by atoms with E-state index in [-0.39, 0.29) is 7.35 Å². The average molecular weight is 730 g/mol. The van der Waals surface area contributed by atoms with Crippen molar-refractivity contribution in [1.82, 2.24) is 0 Å². The van der Waals surface area contributed by atoms with Crippen LogP contribution in [0.3, 0.4) is 0 Å². The molecular weight excluding hydrogens is 694 g/mol. The number of aryl methyl sites for hydroxylation is 4. The molecule has 6 rings (SSSR count). The summed E-state index contributed by atoms with van der Waals surface area (Å²) in [6.45, 7) is 13.0. The van der Waals surface area contributed by atoms with Crippen LogP contribution in [0.4, 0.5) is 0 Å². The van der Waals surface area contributed by atoms with Gasteiger partial charge >= 0.3 is 249 Å². The van der Waals surface area contributed by atoms with E-state index in [2.05, 4.69) is 139 Å². The van der Waals surface area contributed by atoms with E-state index in [0.29, 0.717) is 0 Å². The van der Waals surface area contributed by atoms with Crippen LogP contribution in [0, 0.1) is 27.7 Å². The number of hydrogen-bond acceptors (Lipinski definition) is 0. The second kappa shape index (κ2) is 9.90. The second-order valence-electron chi connectivity index (χ2n) is 12.2. The normalized spacial score (nSPS) is 17.7. The summed E-state index contributed by atoms with van der Waals surface area (Å²) in [5.41, 5.74) is 15.2. The number of allylic oxidation sites excluding steroid dienone is 2. The summed E-state index contributed by atoms with van der Waals surface area (Å²) in [4.78, 5) is 0. The molecule has 2 atom stereocenters. The first kappa shape index (κ1) is 27.8. The van der Waals surface area contributed by atoms with Crippen molar-refractivity contribution < 1.29 is 15.7 Å². The van der Waals surface area contributed by atoms with Crippen molar-refractivity contribution in [2.45, 2.75) is 48.9 Å². The van der Waals surface area contributed by atoms with E-state index < -0.39 is 15.7 Å². The van der Waals surface area contributed by atoms with Crippen molar-refractivity contribution in [2.24, 2.45) is 0 Å². The van der Waals surface area contributed by atoms with Crippen molar-refractivity contribution in [3.63, 3.8) is 0 Å². The Balaban J connectivity index is 1.51. The molecule has 3 heteroatoms. The Hall–Kier alpha value is -2.32. The monoisotopic (exact) mass is 730 g/mol. The van der Waals surface area contributed by atoms with Crippen molar-refractivity contribution in [2.75, 3.05) is 0 Å². The number of halogens is 2. The third kappa shape index (κ3) is 4.32.